The summed E-state index contributed by atoms with van der Waals surface area (Å²) < 4.78 is 11.5. The van der Waals surface area contributed by atoms with E-state index in [1.807, 2.05) is 12.3 Å². The lowest BCUT2D eigenvalue weighted by atomic mass is 10.1. The third-order valence-corrected chi connectivity index (χ3v) is 4.41. The van der Waals surface area contributed by atoms with E-state index in [0.717, 1.165) is 15.8 Å². The van der Waals surface area contributed by atoms with E-state index < -0.39 is 12.0 Å². The SMILES string of the molecule is COc1ccc(Br)c(CNC(CCSC)C(=O)O)c1OC. The van der Waals surface area contributed by atoms with E-state index in [1.165, 1.54) is 0 Å². The van der Waals surface area contributed by atoms with Crippen LogP contribution < -0.4 is 14.8 Å². The number of methoxy groups -OCH3 is 2. The summed E-state index contributed by atoms with van der Waals surface area (Å²) in [6.07, 6.45) is 2.53. The Kier molecular flexibility index (Phi) is 7.92. The molecule has 5 nitrogen and oxygen atoms in total. The van der Waals surface area contributed by atoms with Gasteiger partial charge in [0.05, 0.1) is 14.2 Å². The molecule has 1 unspecified atom stereocenters. The number of carbonyl (C=O) groups is 1. The third kappa shape index (κ3) is 5.09. The number of ether oxygens (including phenoxy) is 2. The maximum atomic E-state index is 11.2. The van der Waals surface area contributed by atoms with Crippen LogP contribution in [-0.4, -0.2) is 43.3 Å². The number of carboxylic acid groups (broad SMARTS) is 1. The first-order valence-corrected chi connectivity index (χ1v) is 8.58. The first-order chi connectivity index (χ1) is 10.0. The molecule has 0 saturated heterocycles. The quantitative estimate of drug-likeness (QED) is 0.689. The van der Waals surface area contributed by atoms with Crippen molar-refractivity contribution in [2.45, 2.75) is 19.0 Å². The normalized spacial score (nSPS) is 12.0. The molecule has 0 aliphatic heterocycles. The number of benzene rings is 1. The fraction of sp³-hybridized carbons (Fsp3) is 0.500. The van der Waals surface area contributed by atoms with Gasteiger partial charge in [0, 0.05) is 16.6 Å². The summed E-state index contributed by atoms with van der Waals surface area (Å²) in [7, 11) is 3.14. The molecule has 0 aliphatic carbocycles. The molecule has 0 bridgehead atoms. The Morgan fingerprint density at radius 3 is 2.67 bits per heavy atom. The van der Waals surface area contributed by atoms with E-state index in [2.05, 4.69) is 21.2 Å². The largest absolute Gasteiger partial charge is 0.493 e. The van der Waals surface area contributed by atoms with Crippen molar-refractivity contribution in [1.29, 1.82) is 0 Å². The highest BCUT2D eigenvalue weighted by atomic mass is 79.9. The van der Waals surface area contributed by atoms with Gasteiger partial charge < -0.3 is 19.9 Å². The minimum atomic E-state index is -0.845. The number of halogens is 1. The number of hydrogen-bond donors (Lipinski definition) is 2. The summed E-state index contributed by atoms with van der Waals surface area (Å²) in [5, 5.41) is 12.3. The highest BCUT2D eigenvalue weighted by molar-refractivity contribution is 9.10. The summed E-state index contributed by atoms with van der Waals surface area (Å²) >= 11 is 5.09. The Labute approximate surface area is 137 Å². The molecule has 7 heteroatoms. The lowest BCUT2D eigenvalue weighted by Gasteiger charge is -2.18. The maximum absolute atomic E-state index is 11.2. The van der Waals surface area contributed by atoms with Crippen LogP contribution >= 0.6 is 27.7 Å². The molecule has 2 N–H and O–H groups in total. The van der Waals surface area contributed by atoms with Crippen LogP contribution in [0, 0.1) is 0 Å². The predicted octanol–water partition coefficient (Wildman–Crippen LogP) is 2.76. The second-order valence-electron chi connectivity index (χ2n) is 4.31. The van der Waals surface area contributed by atoms with E-state index in [1.54, 1.807) is 32.0 Å². The summed E-state index contributed by atoms with van der Waals surface area (Å²) in [6.45, 7) is 0.381. The van der Waals surface area contributed by atoms with E-state index >= 15 is 0 Å². The third-order valence-electron chi connectivity index (χ3n) is 3.03. The second kappa shape index (κ2) is 9.17. The molecule has 0 spiro atoms. The minimum absolute atomic E-state index is 0.381. The lowest BCUT2D eigenvalue weighted by Crippen LogP contribution is -2.36. The van der Waals surface area contributed by atoms with Gasteiger partial charge in [-0.05, 0) is 30.6 Å². The van der Waals surface area contributed by atoms with Crippen molar-refractivity contribution in [2.75, 3.05) is 26.2 Å². The molecular weight excluding hydrogens is 358 g/mol. The van der Waals surface area contributed by atoms with Crippen LogP contribution in [0.1, 0.15) is 12.0 Å². The Bertz CT molecular complexity index is 484. The average Bonchev–Trinajstić information content (AvgIpc) is 2.47. The summed E-state index contributed by atoms with van der Waals surface area (Å²) in [6, 6.07) is 3.07. The molecular formula is C14H20BrNO4S. The molecule has 0 saturated carbocycles. The molecule has 0 aliphatic rings. The molecule has 21 heavy (non-hydrogen) atoms. The minimum Gasteiger partial charge on any atom is -0.493 e. The summed E-state index contributed by atoms with van der Waals surface area (Å²) in [4.78, 5) is 11.2. The number of hydrogen-bond acceptors (Lipinski definition) is 5. The van der Waals surface area contributed by atoms with E-state index in [-0.39, 0.29) is 0 Å². The summed E-state index contributed by atoms with van der Waals surface area (Å²) in [5.74, 6) is 1.17. The molecule has 1 atom stereocenters. The first-order valence-electron chi connectivity index (χ1n) is 6.39. The van der Waals surface area contributed by atoms with Crippen molar-refractivity contribution in [1.82, 2.24) is 5.32 Å². The van der Waals surface area contributed by atoms with Gasteiger partial charge in [0.15, 0.2) is 11.5 Å². The number of rotatable bonds is 9. The maximum Gasteiger partial charge on any atom is 0.320 e. The number of aliphatic carboxylic acids is 1. The zero-order chi connectivity index (χ0) is 15.8. The molecule has 0 fully saturated rings. The Morgan fingerprint density at radius 2 is 2.14 bits per heavy atom. The first kappa shape index (κ1) is 18.1. The molecule has 0 heterocycles. The van der Waals surface area contributed by atoms with Crippen LogP contribution in [0.25, 0.3) is 0 Å². The van der Waals surface area contributed by atoms with E-state index in [9.17, 15) is 9.90 Å². The van der Waals surface area contributed by atoms with Crippen LogP contribution in [0.4, 0.5) is 0 Å². The van der Waals surface area contributed by atoms with Crippen LogP contribution in [-0.2, 0) is 11.3 Å². The zero-order valence-electron chi connectivity index (χ0n) is 12.3. The lowest BCUT2D eigenvalue weighted by molar-refractivity contribution is -0.139. The molecule has 0 amide bonds. The molecule has 0 aromatic heterocycles. The number of thioether (sulfide) groups is 1. The fourth-order valence-electron chi connectivity index (χ4n) is 1.91. The van der Waals surface area contributed by atoms with Gasteiger partial charge in [-0.15, -0.1) is 0 Å². The van der Waals surface area contributed by atoms with Crippen molar-refractivity contribution < 1.29 is 19.4 Å². The van der Waals surface area contributed by atoms with E-state index in [4.69, 9.17) is 9.47 Å². The Balaban J connectivity index is 2.88. The van der Waals surface area contributed by atoms with Gasteiger partial charge in [0.25, 0.3) is 0 Å². The highest BCUT2D eigenvalue weighted by Crippen LogP contribution is 2.35. The van der Waals surface area contributed by atoms with Crippen LogP contribution in [0.3, 0.4) is 0 Å². The Morgan fingerprint density at radius 1 is 1.43 bits per heavy atom. The second-order valence-corrected chi connectivity index (χ2v) is 6.15. The van der Waals surface area contributed by atoms with Gasteiger partial charge in [0.2, 0.25) is 0 Å². The number of carboxylic acids is 1. The standard InChI is InChI=1S/C14H20BrNO4S/c1-19-12-5-4-10(15)9(13(12)20-2)8-16-11(14(17)18)6-7-21-3/h4-5,11,16H,6-8H2,1-3H3,(H,17,18). The van der Waals surface area contributed by atoms with Crippen LogP contribution in [0.15, 0.2) is 16.6 Å². The van der Waals surface area contributed by atoms with Crippen molar-refractivity contribution in [3.63, 3.8) is 0 Å². The summed E-state index contributed by atoms with van der Waals surface area (Å²) in [5.41, 5.74) is 0.840. The van der Waals surface area contributed by atoms with Gasteiger partial charge in [-0.1, -0.05) is 15.9 Å². The van der Waals surface area contributed by atoms with Crippen LogP contribution in [0.5, 0.6) is 11.5 Å². The van der Waals surface area contributed by atoms with Gasteiger partial charge in [-0.2, -0.15) is 11.8 Å². The molecule has 118 valence electrons. The predicted molar refractivity (Wildman–Crippen MR) is 88.5 cm³/mol. The van der Waals surface area contributed by atoms with Gasteiger partial charge in [-0.25, -0.2) is 0 Å². The van der Waals surface area contributed by atoms with Crippen molar-refractivity contribution >= 4 is 33.7 Å². The smallest absolute Gasteiger partial charge is 0.320 e. The average molecular weight is 378 g/mol. The van der Waals surface area contributed by atoms with Gasteiger partial charge in [0.1, 0.15) is 6.04 Å². The van der Waals surface area contributed by atoms with Gasteiger partial charge in [-0.3, -0.25) is 4.79 Å². The monoisotopic (exact) mass is 377 g/mol. The van der Waals surface area contributed by atoms with Gasteiger partial charge >= 0.3 is 5.97 Å². The molecule has 1 rings (SSSR count). The molecule has 1 aromatic rings. The van der Waals surface area contributed by atoms with Crippen LogP contribution in [0.2, 0.25) is 0 Å². The molecule has 0 radical (unpaired) electrons. The van der Waals surface area contributed by atoms with E-state index in [0.29, 0.717) is 24.5 Å². The Hall–Kier alpha value is -0.920. The zero-order valence-corrected chi connectivity index (χ0v) is 14.7. The topological polar surface area (TPSA) is 67.8 Å². The van der Waals surface area contributed by atoms with Crippen molar-refractivity contribution in [3.8, 4) is 11.5 Å². The highest BCUT2D eigenvalue weighted by Gasteiger charge is 2.19. The molecule has 1 aromatic carbocycles. The van der Waals surface area contributed by atoms with Crippen molar-refractivity contribution in [3.05, 3.63) is 22.2 Å². The number of nitrogens with one attached hydrogen (secondary N) is 1. The van der Waals surface area contributed by atoms with Crippen molar-refractivity contribution in [2.24, 2.45) is 0 Å². The fourth-order valence-corrected chi connectivity index (χ4v) is 2.83.